The van der Waals surface area contributed by atoms with Crippen molar-refractivity contribution in [1.29, 1.82) is 0 Å². The smallest absolute Gasteiger partial charge is 0.178 e. The lowest BCUT2D eigenvalue weighted by atomic mass is 9.98. The summed E-state index contributed by atoms with van der Waals surface area (Å²) in [4.78, 5) is 10.0. The van der Waals surface area contributed by atoms with E-state index in [4.69, 9.17) is 19.4 Å². The molecule has 0 saturated heterocycles. The van der Waals surface area contributed by atoms with Crippen molar-refractivity contribution in [1.82, 2.24) is 9.97 Å². The molecule has 0 amide bonds. The largest absolute Gasteiger partial charge is 0.449 e. The fourth-order valence-electron chi connectivity index (χ4n) is 6.91. The number of ether oxygens (including phenoxy) is 2. The van der Waals surface area contributed by atoms with E-state index >= 15 is 0 Å². The van der Waals surface area contributed by atoms with Gasteiger partial charge in [-0.25, -0.2) is 9.97 Å². The zero-order valence-corrected chi connectivity index (χ0v) is 28.3. The van der Waals surface area contributed by atoms with Crippen molar-refractivity contribution in [2.75, 3.05) is 0 Å². The average Bonchev–Trinajstić information content (AvgIpc) is 3.22. The van der Waals surface area contributed by atoms with Crippen molar-refractivity contribution in [3.05, 3.63) is 189 Å². The summed E-state index contributed by atoms with van der Waals surface area (Å²) >= 11 is 0. The van der Waals surface area contributed by atoms with Gasteiger partial charge in [-0.05, 0) is 57.3 Å². The number of hydrogen-bond donors (Lipinski definition) is 0. The zero-order chi connectivity index (χ0) is 35.0. The summed E-state index contributed by atoms with van der Waals surface area (Å²) in [6.07, 6.45) is 5.37. The summed E-state index contributed by atoms with van der Waals surface area (Å²) in [7, 11) is 0. The van der Waals surface area contributed by atoms with Crippen LogP contribution in [0.1, 0.15) is 5.82 Å². The van der Waals surface area contributed by atoms with E-state index in [1.807, 2.05) is 36.4 Å². The molecule has 0 radical (unpaired) electrons. The Bertz CT molecular complexity index is 2710. The molecule has 1 aliphatic rings. The fourth-order valence-corrected chi connectivity index (χ4v) is 6.91. The molecule has 0 aliphatic carbocycles. The second-order valence-electron chi connectivity index (χ2n) is 12.7. The molecule has 0 saturated carbocycles. The predicted molar refractivity (Wildman–Crippen MR) is 214 cm³/mol. The lowest BCUT2D eigenvalue weighted by molar-refractivity contribution is 0.367. The molecule has 0 unspecified atom stereocenters. The molecule has 1 aromatic heterocycles. The maximum absolute atomic E-state index is 6.69. The minimum atomic E-state index is 0.581. The highest BCUT2D eigenvalue weighted by molar-refractivity contribution is 6.14. The Hall–Kier alpha value is -7.04. The Balaban J connectivity index is 1.10. The molecule has 2 heterocycles. The van der Waals surface area contributed by atoms with E-state index in [0.717, 1.165) is 77.8 Å². The van der Waals surface area contributed by atoms with Gasteiger partial charge in [0.05, 0.1) is 11.4 Å². The van der Waals surface area contributed by atoms with Crippen LogP contribution in [0.3, 0.4) is 0 Å². The van der Waals surface area contributed by atoms with E-state index < -0.39 is 0 Å². The molecule has 8 aromatic rings. The first kappa shape index (κ1) is 31.0. The molecule has 4 nitrogen and oxygen atoms in total. The molecule has 9 rings (SSSR count). The molecular formula is C48H32N2O2. The van der Waals surface area contributed by atoms with Gasteiger partial charge >= 0.3 is 0 Å². The predicted octanol–water partition coefficient (Wildman–Crippen LogP) is 13.1. The summed E-state index contributed by atoms with van der Waals surface area (Å²) in [5.74, 6) is 3.41. The van der Waals surface area contributed by atoms with Crippen molar-refractivity contribution in [2.45, 2.75) is 0 Å². The van der Waals surface area contributed by atoms with Gasteiger partial charge in [0.2, 0.25) is 0 Å². The maximum Gasteiger partial charge on any atom is 0.178 e. The maximum atomic E-state index is 6.69. The van der Waals surface area contributed by atoms with Crippen LogP contribution in [0, 0.1) is 0 Å². The number of benzene rings is 7. The van der Waals surface area contributed by atoms with Crippen LogP contribution in [-0.2, 0) is 0 Å². The molecule has 0 spiro atoms. The van der Waals surface area contributed by atoms with E-state index in [9.17, 15) is 0 Å². The third-order valence-electron chi connectivity index (χ3n) is 9.49. The van der Waals surface area contributed by atoms with Crippen molar-refractivity contribution in [3.63, 3.8) is 0 Å². The van der Waals surface area contributed by atoms with Gasteiger partial charge in [-0.2, -0.15) is 0 Å². The first-order valence-corrected chi connectivity index (χ1v) is 17.2. The number of allylic oxidation sites excluding steroid dienone is 4. The first-order chi connectivity index (χ1) is 25.7. The van der Waals surface area contributed by atoms with Gasteiger partial charge < -0.3 is 9.47 Å². The third kappa shape index (κ3) is 5.53. The SMILES string of the molecule is C=C/C=C(\C=C)c1nc(-c2ccc(-c3ccccc3)cc2)cc(-c2cccc(-c3ccc4c(c3)Oc3c(c5ccccc5c5ccccc35)O4)c2)n1. The molecule has 0 fully saturated rings. The highest BCUT2D eigenvalue weighted by Crippen LogP contribution is 2.53. The van der Waals surface area contributed by atoms with Crippen molar-refractivity contribution in [2.24, 2.45) is 0 Å². The van der Waals surface area contributed by atoms with E-state index in [-0.39, 0.29) is 0 Å². The standard InChI is InChI=1S/C48H32N2O2/c1-3-13-31(4-2)48-49-42(34-24-22-33(23-25-34)32-14-6-5-7-15-32)30-43(50-48)37-17-12-16-35(28-37)36-26-27-44-45(29-36)52-47-41-21-11-9-19-39(41)38-18-8-10-20-40(38)46(47)51-44/h3-30H,1-2H2/b31-13+. The van der Waals surface area contributed by atoms with E-state index in [0.29, 0.717) is 17.3 Å². The van der Waals surface area contributed by atoms with Crippen LogP contribution in [0.4, 0.5) is 0 Å². The Labute approximate surface area is 302 Å². The number of rotatable bonds is 7. The van der Waals surface area contributed by atoms with Gasteiger partial charge in [-0.1, -0.05) is 159 Å². The summed E-state index contributed by atoms with van der Waals surface area (Å²) in [5, 5.41) is 4.31. The Morgan fingerprint density at radius 1 is 0.442 bits per heavy atom. The van der Waals surface area contributed by atoms with E-state index in [1.165, 1.54) is 5.56 Å². The van der Waals surface area contributed by atoms with Gasteiger partial charge in [0.15, 0.2) is 28.8 Å². The van der Waals surface area contributed by atoms with Crippen LogP contribution in [-0.4, -0.2) is 9.97 Å². The Kier molecular flexibility index (Phi) is 7.75. The molecule has 0 N–H and O–H groups in total. The second-order valence-corrected chi connectivity index (χ2v) is 12.7. The normalized spacial score (nSPS) is 12.0. The number of hydrogen-bond acceptors (Lipinski definition) is 4. The molecule has 4 heteroatoms. The fraction of sp³-hybridized carbons (Fsp3) is 0. The lowest BCUT2D eigenvalue weighted by Gasteiger charge is -2.24. The molecule has 0 atom stereocenters. The van der Waals surface area contributed by atoms with E-state index in [1.54, 1.807) is 12.2 Å². The van der Waals surface area contributed by atoms with Gasteiger partial charge in [0.1, 0.15) is 0 Å². The van der Waals surface area contributed by atoms with Gasteiger partial charge in [0.25, 0.3) is 0 Å². The highest BCUT2D eigenvalue weighted by atomic mass is 16.6. The van der Waals surface area contributed by atoms with Crippen molar-refractivity contribution in [3.8, 4) is 67.8 Å². The van der Waals surface area contributed by atoms with Crippen molar-refractivity contribution < 1.29 is 9.47 Å². The minimum absolute atomic E-state index is 0.581. The Morgan fingerprint density at radius 3 is 1.63 bits per heavy atom. The monoisotopic (exact) mass is 668 g/mol. The quantitative estimate of drug-likeness (QED) is 0.125. The van der Waals surface area contributed by atoms with Gasteiger partial charge in [0, 0.05) is 27.5 Å². The summed E-state index contributed by atoms with van der Waals surface area (Å²) in [6.45, 7) is 7.91. The van der Waals surface area contributed by atoms with Crippen LogP contribution in [0.2, 0.25) is 0 Å². The first-order valence-electron chi connectivity index (χ1n) is 17.2. The molecule has 52 heavy (non-hydrogen) atoms. The number of aromatic nitrogens is 2. The minimum Gasteiger partial charge on any atom is -0.449 e. The molecule has 7 aromatic carbocycles. The van der Waals surface area contributed by atoms with Crippen LogP contribution in [0.5, 0.6) is 23.0 Å². The second kappa shape index (κ2) is 13.0. The van der Waals surface area contributed by atoms with Crippen LogP contribution in [0.15, 0.2) is 183 Å². The summed E-state index contributed by atoms with van der Waals surface area (Å²) in [5.41, 5.74) is 8.72. The molecule has 0 bridgehead atoms. The zero-order valence-electron chi connectivity index (χ0n) is 28.3. The lowest BCUT2D eigenvalue weighted by Crippen LogP contribution is -2.01. The van der Waals surface area contributed by atoms with Crippen LogP contribution >= 0.6 is 0 Å². The topological polar surface area (TPSA) is 44.2 Å². The average molecular weight is 669 g/mol. The summed E-state index contributed by atoms with van der Waals surface area (Å²) < 4.78 is 13.3. The molecule has 246 valence electrons. The highest BCUT2D eigenvalue weighted by Gasteiger charge is 2.25. The molecular weight excluding hydrogens is 637 g/mol. The molecule has 1 aliphatic heterocycles. The third-order valence-corrected chi connectivity index (χ3v) is 9.49. The van der Waals surface area contributed by atoms with Gasteiger partial charge in [-0.3, -0.25) is 0 Å². The van der Waals surface area contributed by atoms with E-state index in [2.05, 4.69) is 134 Å². The number of nitrogens with zero attached hydrogens (tertiary/aromatic N) is 2. The van der Waals surface area contributed by atoms with Gasteiger partial charge in [-0.15, -0.1) is 0 Å². The van der Waals surface area contributed by atoms with Crippen LogP contribution in [0.25, 0.3) is 71.9 Å². The number of fused-ring (bicyclic) bond motifs is 7. The van der Waals surface area contributed by atoms with Crippen molar-refractivity contribution >= 4 is 27.1 Å². The summed E-state index contributed by atoms with van der Waals surface area (Å²) in [6, 6.07) is 52.0. The Morgan fingerprint density at radius 2 is 0.962 bits per heavy atom. The van der Waals surface area contributed by atoms with Crippen LogP contribution < -0.4 is 9.47 Å².